The SMILES string of the molecule is Cc1nc(CCNC2CCOC(C)C2)no1. The number of hydrogen-bond acceptors (Lipinski definition) is 5. The topological polar surface area (TPSA) is 60.2 Å². The fourth-order valence-electron chi connectivity index (χ4n) is 2.01. The van der Waals surface area contributed by atoms with Crippen LogP contribution >= 0.6 is 0 Å². The molecule has 0 aliphatic carbocycles. The van der Waals surface area contributed by atoms with Crippen molar-refractivity contribution in [2.75, 3.05) is 13.2 Å². The molecular weight excluding hydrogens is 206 g/mol. The third-order valence-corrected chi connectivity index (χ3v) is 2.84. The van der Waals surface area contributed by atoms with Crippen LogP contribution in [-0.4, -0.2) is 35.4 Å². The van der Waals surface area contributed by atoms with Crippen LogP contribution < -0.4 is 5.32 Å². The summed E-state index contributed by atoms with van der Waals surface area (Å²) < 4.78 is 10.4. The molecule has 2 unspecified atom stereocenters. The minimum Gasteiger partial charge on any atom is -0.378 e. The Bertz CT molecular complexity index is 327. The zero-order valence-electron chi connectivity index (χ0n) is 9.90. The number of ether oxygens (including phenoxy) is 1. The van der Waals surface area contributed by atoms with Crippen molar-refractivity contribution in [1.82, 2.24) is 15.5 Å². The van der Waals surface area contributed by atoms with E-state index in [1.54, 1.807) is 0 Å². The molecule has 1 saturated heterocycles. The van der Waals surface area contributed by atoms with Gasteiger partial charge in [0, 0.05) is 32.5 Å². The maximum atomic E-state index is 5.50. The van der Waals surface area contributed by atoms with Gasteiger partial charge in [-0.1, -0.05) is 5.16 Å². The predicted molar refractivity (Wildman–Crippen MR) is 59.2 cm³/mol. The van der Waals surface area contributed by atoms with Crippen LogP contribution in [0.25, 0.3) is 0 Å². The normalized spacial score (nSPS) is 25.9. The van der Waals surface area contributed by atoms with Gasteiger partial charge < -0.3 is 14.6 Å². The van der Waals surface area contributed by atoms with Gasteiger partial charge in [0.15, 0.2) is 5.82 Å². The Labute approximate surface area is 95.6 Å². The molecule has 2 heterocycles. The summed E-state index contributed by atoms with van der Waals surface area (Å²) in [5.74, 6) is 1.42. The summed E-state index contributed by atoms with van der Waals surface area (Å²) in [6.45, 7) is 5.69. The third-order valence-electron chi connectivity index (χ3n) is 2.84. The first-order chi connectivity index (χ1) is 7.74. The number of nitrogens with one attached hydrogen (secondary N) is 1. The average molecular weight is 225 g/mol. The van der Waals surface area contributed by atoms with Crippen molar-refractivity contribution >= 4 is 0 Å². The van der Waals surface area contributed by atoms with Gasteiger partial charge in [-0.3, -0.25) is 0 Å². The van der Waals surface area contributed by atoms with E-state index in [4.69, 9.17) is 9.26 Å². The molecule has 0 bridgehead atoms. The van der Waals surface area contributed by atoms with Crippen molar-refractivity contribution in [3.63, 3.8) is 0 Å². The van der Waals surface area contributed by atoms with Crippen LogP contribution in [0.1, 0.15) is 31.5 Å². The molecule has 5 heteroatoms. The number of nitrogens with zero attached hydrogens (tertiary/aromatic N) is 2. The summed E-state index contributed by atoms with van der Waals surface area (Å²) in [6, 6.07) is 0.566. The fourth-order valence-corrected chi connectivity index (χ4v) is 2.01. The van der Waals surface area contributed by atoms with Crippen LogP contribution in [0.15, 0.2) is 4.52 Å². The van der Waals surface area contributed by atoms with Crippen molar-refractivity contribution < 1.29 is 9.26 Å². The van der Waals surface area contributed by atoms with Crippen LogP contribution in [0.3, 0.4) is 0 Å². The summed E-state index contributed by atoms with van der Waals surface area (Å²) in [5, 5.41) is 7.37. The first-order valence-corrected chi connectivity index (χ1v) is 5.88. The Balaban J connectivity index is 1.67. The maximum absolute atomic E-state index is 5.50. The zero-order valence-corrected chi connectivity index (χ0v) is 9.90. The molecule has 5 nitrogen and oxygen atoms in total. The van der Waals surface area contributed by atoms with Gasteiger partial charge >= 0.3 is 0 Å². The molecule has 1 aliphatic heterocycles. The molecular formula is C11H19N3O2. The molecule has 0 saturated carbocycles. The van der Waals surface area contributed by atoms with E-state index in [1.807, 2.05) is 6.92 Å². The second-order valence-corrected chi connectivity index (χ2v) is 4.34. The van der Waals surface area contributed by atoms with Crippen LogP contribution in [0.2, 0.25) is 0 Å². The maximum Gasteiger partial charge on any atom is 0.223 e. The quantitative estimate of drug-likeness (QED) is 0.830. The lowest BCUT2D eigenvalue weighted by atomic mass is 10.0. The van der Waals surface area contributed by atoms with Crippen molar-refractivity contribution in [2.45, 2.75) is 45.3 Å². The lowest BCUT2D eigenvalue weighted by molar-refractivity contribution is 0.0135. The Kier molecular flexibility index (Phi) is 3.90. The van der Waals surface area contributed by atoms with Crippen molar-refractivity contribution in [2.24, 2.45) is 0 Å². The summed E-state index contributed by atoms with van der Waals surface area (Å²) in [5.41, 5.74) is 0. The van der Waals surface area contributed by atoms with Gasteiger partial charge in [-0.05, 0) is 19.8 Å². The molecule has 0 radical (unpaired) electrons. The van der Waals surface area contributed by atoms with E-state index in [-0.39, 0.29) is 0 Å². The Morgan fingerprint density at radius 3 is 3.06 bits per heavy atom. The molecule has 90 valence electrons. The Hall–Kier alpha value is -0.940. The fraction of sp³-hybridized carbons (Fsp3) is 0.818. The van der Waals surface area contributed by atoms with Gasteiger partial charge in [-0.15, -0.1) is 0 Å². The number of rotatable bonds is 4. The molecule has 1 aliphatic rings. The number of hydrogen-bond donors (Lipinski definition) is 1. The monoisotopic (exact) mass is 225 g/mol. The van der Waals surface area contributed by atoms with Crippen LogP contribution in [0.4, 0.5) is 0 Å². The van der Waals surface area contributed by atoms with Gasteiger partial charge in [0.25, 0.3) is 0 Å². The minimum absolute atomic E-state index is 0.374. The molecule has 1 aromatic heterocycles. The van der Waals surface area contributed by atoms with E-state index in [1.165, 1.54) is 0 Å². The largest absolute Gasteiger partial charge is 0.378 e. The van der Waals surface area contributed by atoms with E-state index in [0.717, 1.165) is 38.2 Å². The van der Waals surface area contributed by atoms with Gasteiger partial charge in [-0.2, -0.15) is 4.98 Å². The lowest BCUT2D eigenvalue weighted by Gasteiger charge is -2.27. The summed E-state index contributed by atoms with van der Waals surface area (Å²) >= 11 is 0. The second-order valence-electron chi connectivity index (χ2n) is 4.34. The summed E-state index contributed by atoms with van der Waals surface area (Å²) in [6.07, 6.45) is 3.38. The van der Waals surface area contributed by atoms with E-state index in [9.17, 15) is 0 Å². The summed E-state index contributed by atoms with van der Waals surface area (Å²) in [7, 11) is 0. The molecule has 1 aromatic rings. The smallest absolute Gasteiger partial charge is 0.223 e. The van der Waals surface area contributed by atoms with Gasteiger partial charge in [-0.25, -0.2) is 0 Å². The average Bonchev–Trinajstić information content (AvgIpc) is 2.64. The Morgan fingerprint density at radius 2 is 2.38 bits per heavy atom. The van der Waals surface area contributed by atoms with E-state index >= 15 is 0 Å². The highest BCUT2D eigenvalue weighted by Gasteiger charge is 2.18. The van der Waals surface area contributed by atoms with Gasteiger partial charge in [0.1, 0.15) is 0 Å². The number of aryl methyl sites for hydroxylation is 1. The minimum atomic E-state index is 0.374. The molecule has 0 spiro atoms. The van der Waals surface area contributed by atoms with Gasteiger partial charge in [0.05, 0.1) is 6.10 Å². The van der Waals surface area contributed by atoms with Gasteiger partial charge in [0.2, 0.25) is 5.89 Å². The molecule has 16 heavy (non-hydrogen) atoms. The number of aromatic nitrogens is 2. The van der Waals surface area contributed by atoms with E-state index in [2.05, 4.69) is 22.4 Å². The Morgan fingerprint density at radius 1 is 1.50 bits per heavy atom. The van der Waals surface area contributed by atoms with Crippen molar-refractivity contribution in [3.8, 4) is 0 Å². The highest BCUT2D eigenvalue weighted by Crippen LogP contribution is 2.12. The summed E-state index contributed by atoms with van der Waals surface area (Å²) in [4.78, 5) is 4.17. The van der Waals surface area contributed by atoms with Crippen LogP contribution in [0, 0.1) is 6.92 Å². The molecule has 0 amide bonds. The van der Waals surface area contributed by atoms with E-state index in [0.29, 0.717) is 18.0 Å². The van der Waals surface area contributed by atoms with E-state index < -0.39 is 0 Å². The molecule has 2 atom stereocenters. The predicted octanol–water partition coefficient (Wildman–Crippen LogP) is 1.08. The van der Waals surface area contributed by atoms with Crippen molar-refractivity contribution in [3.05, 3.63) is 11.7 Å². The van der Waals surface area contributed by atoms with Crippen LogP contribution in [0.5, 0.6) is 0 Å². The molecule has 1 N–H and O–H groups in total. The lowest BCUT2D eigenvalue weighted by Crippen LogP contribution is -2.38. The highest BCUT2D eigenvalue weighted by atomic mass is 16.5. The first kappa shape index (κ1) is 11.5. The molecule has 2 rings (SSSR count). The molecule has 1 fully saturated rings. The van der Waals surface area contributed by atoms with Crippen molar-refractivity contribution in [1.29, 1.82) is 0 Å². The van der Waals surface area contributed by atoms with Crippen LogP contribution in [-0.2, 0) is 11.2 Å². The standard InChI is InChI=1S/C11H19N3O2/c1-8-7-10(4-6-15-8)12-5-3-11-13-9(2)16-14-11/h8,10,12H,3-7H2,1-2H3. The second kappa shape index (κ2) is 5.41. The zero-order chi connectivity index (χ0) is 11.4. The third kappa shape index (κ3) is 3.28. The molecule has 0 aromatic carbocycles. The first-order valence-electron chi connectivity index (χ1n) is 5.88. The highest BCUT2D eigenvalue weighted by molar-refractivity contribution is 4.85.